The second-order valence-corrected chi connectivity index (χ2v) is 8.84. The Bertz CT molecular complexity index is 1130. The van der Waals surface area contributed by atoms with Crippen LogP contribution in [0.3, 0.4) is 0 Å². The molecule has 7 heteroatoms. The fourth-order valence-corrected chi connectivity index (χ4v) is 4.60. The minimum absolute atomic E-state index is 0.0964. The summed E-state index contributed by atoms with van der Waals surface area (Å²) in [6, 6.07) is 18.9. The lowest BCUT2D eigenvalue weighted by molar-refractivity contribution is -0.123. The Morgan fingerprint density at radius 3 is 2.28 bits per heavy atom. The summed E-state index contributed by atoms with van der Waals surface area (Å²) < 4.78 is 10.9. The standard InChI is InChI=1S/C29H33N3O4/c1-3-36-25-18-14-23(15-19-25)32(29(34)26-11-7-8-20-30-26)27(21-12-16-24(35-2)17-13-21)28(33)31-22-9-5-4-6-10-22/h7-8,11-20,22,27H,3-6,9-10H2,1-2H3,(H,31,33). The van der Waals surface area contributed by atoms with Crippen LogP contribution in [-0.2, 0) is 4.79 Å². The van der Waals surface area contributed by atoms with E-state index in [1.165, 1.54) is 11.3 Å². The average Bonchev–Trinajstić information content (AvgIpc) is 2.93. The molecule has 1 atom stereocenters. The van der Waals surface area contributed by atoms with Crippen LogP contribution in [0.5, 0.6) is 11.5 Å². The molecule has 3 aromatic rings. The molecule has 1 saturated carbocycles. The van der Waals surface area contributed by atoms with E-state index in [9.17, 15) is 9.59 Å². The van der Waals surface area contributed by atoms with Crippen molar-refractivity contribution >= 4 is 17.5 Å². The highest BCUT2D eigenvalue weighted by atomic mass is 16.5. The Kier molecular flexibility index (Phi) is 8.55. The molecule has 0 saturated heterocycles. The van der Waals surface area contributed by atoms with E-state index in [-0.39, 0.29) is 23.6 Å². The Balaban J connectivity index is 1.78. The number of carbonyl (C=O) groups excluding carboxylic acids is 2. The summed E-state index contributed by atoms with van der Waals surface area (Å²) in [5.41, 5.74) is 1.52. The van der Waals surface area contributed by atoms with Crippen molar-refractivity contribution < 1.29 is 19.1 Å². The van der Waals surface area contributed by atoms with E-state index >= 15 is 0 Å². The number of anilines is 1. The number of nitrogens with one attached hydrogen (secondary N) is 1. The van der Waals surface area contributed by atoms with Gasteiger partial charge in [0.15, 0.2) is 0 Å². The Labute approximate surface area is 212 Å². The van der Waals surface area contributed by atoms with Gasteiger partial charge in [-0.2, -0.15) is 0 Å². The number of benzene rings is 2. The van der Waals surface area contributed by atoms with Gasteiger partial charge >= 0.3 is 0 Å². The monoisotopic (exact) mass is 487 g/mol. The first-order valence-electron chi connectivity index (χ1n) is 12.5. The van der Waals surface area contributed by atoms with Crippen LogP contribution in [0.25, 0.3) is 0 Å². The fourth-order valence-electron chi connectivity index (χ4n) is 4.60. The predicted molar refractivity (Wildman–Crippen MR) is 139 cm³/mol. The van der Waals surface area contributed by atoms with Crippen LogP contribution in [0.15, 0.2) is 72.9 Å². The molecule has 0 bridgehead atoms. The summed E-state index contributed by atoms with van der Waals surface area (Å²) >= 11 is 0. The van der Waals surface area contributed by atoms with E-state index in [0.29, 0.717) is 29.4 Å². The van der Waals surface area contributed by atoms with Crippen LogP contribution in [0, 0.1) is 0 Å². The Morgan fingerprint density at radius 1 is 0.972 bits per heavy atom. The molecule has 2 aromatic carbocycles. The van der Waals surface area contributed by atoms with Crippen LogP contribution >= 0.6 is 0 Å². The molecule has 1 aromatic heterocycles. The van der Waals surface area contributed by atoms with Gasteiger partial charge in [0.25, 0.3) is 5.91 Å². The largest absolute Gasteiger partial charge is 0.497 e. The third-order valence-electron chi connectivity index (χ3n) is 6.42. The number of hydrogen-bond acceptors (Lipinski definition) is 5. The molecule has 1 aliphatic rings. The number of carbonyl (C=O) groups is 2. The summed E-state index contributed by atoms with van der Waals surface area (Å²) in [4.78, 5) is 33.6. The van der Waals surface area contributed by atoms with E-state index in [1.807, 2.05) is 31.2 Å². The van der Waals surface area contributed by atoms with E-state index in [1.54, 1.807) is 55.8 Å². The third kappa shape index (κ3) is 6.03. The summed E-state index contributed by atoms with van der Waals surface area (Å²) in [6.07, 6.45) is 6.83. The maximum Gasteiger partial charge on any atom is 0.277 e. The molecule has 0 radical (unpaired) electrons. The zero-order valence-corrected chi connectivity index (χ0v) is 20.9. The highest BCUT2D eigenvalue weighted by Gasteiger charge is 2.35. The maximum atomic E-state index is 13.9. The van der Waals surface area contributed by atoms with E-state index in [0.717, 1.165) is 25.7 Å². The number of ether oxygens (including phenoxy) is 2. The first-order chi connectivity index (χ1) is 17.6. The lowest BCUT2D eigenvalue weighted by Crippen LogP contribution is -2.47. The first-order valence-corrected chi connectivity index (χ1v) is 12.5. The van der Waals surface area contributed by atoms with Crippen LogP contribution in [0.4, 0.5) is 5.69 Å². The number of pyridine rings is 1. The second-order valence-electron chi connectivity index (χ2n) is 8.84. The molecule has 4 rings (SSSR count). The van der Waals surface area contributed by atoms with Gasteiger partial charge in [-0.05, 0) is 73.9 Å². The zero-order chi connectivity index (χ0) is 25.3. The molecule has 1 fully saturated rings. The molecule has 0 aliphatic heterocycles. The van der Waals surface area contributed by atoms with E-state index in [4.69, 9.17) is 9.47 Å². The third-order valence-corrected chi connectivity index (χ3v) is 6.42. The van der Waals surface area contributed by atoms with E-state index < -0.39 is 6.04 Å². The first kappa shape index (κ1) is 25.2. The van der Waals surface area contributed by atoms with Crippen molar-refractivity contribution in [1.29, 1.82) is 0 Å². The molecule has 36 heavy (non-hydrogen) atoms. The summed E-state index contributed by atoms with van der Waals surface area (Å²) in [5.74, 6) is 0.789. The van der Waals surface area contributed by atoms with Gasteiger partial charge in [0.2, 0.25) is 5.91 Å². The Morgan fingerprint density at radius 2 is 1.67 bits per heavy atom. The summed E-state index contributed by atoms with van der Waals surface area (Å²) in [6.45, 7) is 2.45. The quantitative estimate of drug-likeness (QED) is 0.442. The molecule has 1 heterocycles. The van der Waals surface area contributed by atoms with Crippen LogP contribution in [-0.4, -0.2) is 36.6 Å². The van der Waals surface area contributed by atoms with E-state index in [2.05, 4.69) is 10.3 Å². The smallest absolute Gasteiger partial charge is 0.277 e. The maximum absolute atomic E-state index is 13.9. The van der Waals surface area contributed by atoms with Gasteiger partial charge in [-0.3, -0.25) is 19.5 Å². The summed E-state index contributed by atoms with van der Waals surface area (Å²) in [5, 5.41) is 3.23. The number of aromatic nitrogens is 1. The molecular formula is C29H33N3O4. The number of nitrogens with zero attached hydrogens (tertiary/aromatic N) is 2. The van der Waals surface area contributed by atoms with Crippen molar-refractivity contribution in [2.45, 2.75) is 51.1 Å². The topological polar surface area (TPSA) is 80.8 Å². The molecule has 1 unspecified atom stereocenters. The van der Waals surface area contributed by atoms with Crippen molar-refractivity contribution in [2.75, 3.05) is 18.6 Å². The minimum Gasteiger partial charge on any atom is -0.497 e. The van der Waals surface area contributed by atoms with Crippen LogP contribution in [0.2, 0.25) is 0 Å². The van der Waals surface area contributed by atoms with Gasteiger partial charge in [0.05, 0.1) is 13.7 Å². The van der Waals surface area contributed by atoms with Gasteiger partial charge in [0.1, 0.15) is 23.2 Å². The molecular weight excluding hydrogens is 454 g/mol. The number of hydrogen-bond donors (Lipinski definition) is 1. The lowest BCUT2D eigenvalue weighted by Gasteiger charge is -2.33. The normalized spacial score (nSPS) is 14.5. The van der Waals surface area contributed by atoms with Gasteiger partial charge in [-0.1, -0.05) is 37.5 Å². The Hall–Kier alpha value is -3.87. The van der Waals surface area contributed by atoms with Crippen molar-refractivity contribution in [3.05, 3.63) is 84.2 Å². The van der Waals surface area contributed by atoms with Crippen molar-refractivity contribution in [3.63, 3.8) is 0 Å². The van der Waals surface area contributed by atoms with Gasteiger partial charge in [-0.15, -0.1) is 0 Å². The fraction of sp³-hybridized carbons (Fsp3) is 0.345. The number of methoxy groups -OCH3 is 1. The number of rotatable bonds is 9. The summed E-state index contributed by atoms with van der Waals surface area (Å²) in [7, 11) is 1.60. The van der Waals surface area contributed by atoms with Gasteiger partial charge in [-0.25, -0.2) is 0 Å². The molecule has 7 nitrogen and oxygen atoms in total. The predicted octanol–water partition coefficient (Wildman–Crippen LogP) is 5.33. The van der Waals surface area contributed by atoms with Crippen LogP contribution < -0.4 is 19.7 Å². The molecule has 188 valence electrons. The lowest BCUT2D eigenvalue weighted by atomic mass is 9.94. The highest BCUT2D eigenvalue weighted by Crippen LogP contribution is 2.32. The molecule has 1 aliphatic carbocycles. The minimum atomic E-state index is -0.898. The SMILES string of the molecule is CCOc1ccc(N(C(=O)c2ccccn2)C(C(=O)NC2CCCCC2)c2ccc(OC)cc2)cc1. The van der Waals surface area contributed by atoms with Gasteiger partial charge in [0, 0.05) is 17.9 Å². The molecule has 0 spiro atoms. The van der Waals surface area contributed by atoms with Crippen molar-refractivity contribution in [1.82, 2.24) is 10.3 Å². The second kappa shape index (κ2) is 12.2. The molecule has 1 N–H and O–H groups in total. The zero-order valence-electron chi connectivity index (χ0n) is 20.9. The average molecular weight is 488 g/mol. The van der Waals surface area contributed by atoms with Gasteiger partial charge < -0.3 is 14.8 Å². The molecule has 2 amide bonds. The highest BCUT2D eigenvalue weighted by molar-refractivity contribution is 6.09. The van der Waals surface area contributed by atoms with Crippen molar-refractivity contribution in [2.24, 2.45) is 0 Å². The van der Waals surface area contributed by atoms with Crippen LogP contribution in [0.1, 0.15) is 61.1 Å². The number of amides is 2. The van der Waals surface area contributed by atoms with Crippen molar-refractivity contribution in [3.8, 4) is 11.5 Å².